The molecular formula is C8H5F2N5O. The summed E-state index contributed by atoms with van der Waals surface area (Å²) in [4.78, 5) is 11.4. The van der Waals surface area contributed by atoms with E-state index in [1.54, 1.807) is 0 Å². The number of benzene rings is 1. The highest BCUT2D eigenvalue weighted by atomic mass is 19.2. The highest BCUT2D eigenvalue weighted by molar-refractivity contribution is 6.01. The van der Waals surface area contributed by atoms with Gasteiger partial charge in [-0.2, -0.15) is 5.21 Å². The third kappa shape index (κ3) is 1.85. The van der Waals surface area contributed by atoms with Gasteiger partial charge < -0.3 is 5.32 Å². The molecule has 1 aromatic heterocycles. The van der Waals surface area contributed by atoms with Crippen LogP contribution in [0.15, 0.2) is 18.2 Å². The minimum atomic E-state index is -1.14. The Kier molecular flexibility index (Phi) is 2.54. The number of carbonyl (C=O) groups is 1. The molecule has 0 saturated carbocycles. The number of rotatable bonds is 2. The zero-order valence-electron chi connectivity index (χ0n) is 7.74. The van der Waals surface area contributed by atoms with Crippen LogP contribution in [0.4, 0.5) is 14.5 Å². The quantitative estimate of drug-likeness (QED) is 0.789. The number of nitrogens with one attached hydrogen (secondary N) is 2. The summed E-state index contributed by atoms with van der Waals surface area (Å²) in [7, 11) is 0. The summed E-state index contributed by atoms with van der Waals surface area (Å²) in [5.41, 5.74) is -0.283. The van der Waals surface area contributed by atoms with Crippen molar-refractivity contribution in [2.45, 2.75) is 0 Å². The molecule has 0 radical (unpaired) electrons. The molecule has 0 aliphatic rings. The summed E-state index contributed by atoms with van der Waals surface area (Å²) in [6, 6.07) is 3.43. The average Bonchev–Trinajstić information content (AvgIpc) is 2.78. The van der Waals surface area contributed by atoms with Crippen LogP contribution in [0.25, 0.3) is 0 Å². The fraction of sp³-hybridized carbons (Fsp3) is 0. The second-order valence-electron chi connectivity index (χ2n) is 2.79. The molecule has 2 rings (SSSR count). The maximum Gasteiger partial charge on any atom is 0.297 e. The van der Waals surface area contributed by atoms with Crippen LogP contribution >= 0.6 is 0 Å². The molecule has 0 unspecified atom stereocenters. The van der Waals surface area contributed by atoms with Gasteiger partial charge in [-0.25, -0.2) is 8.78 Å². The van der Waals surface area contributed by atoms with Crippen LogP contribution in [-0.4, -0.2) is 26.5 Å². The van der Waals surface area contributed by atoms with Gasteiger partial charge in [-0.3, -0.25) is 4.79 Å². The van der Waals surface area contributed by atoms with Crippen molar-refractivity contribution in [1.82, 2.24) is 20.6 Å². The predicted octanol–water partition coefficient (Wildman–Crippen LogP) is 0.730. The monoisotopic (exact) mass is 225 g/mol. The Morgan fingerprint density at radius 2 is 2.19 bits per heavy atom. The van der Waals surface area contributed by atoms with Crippen molar-refractivity contribution in [3.8, 4) is 0 Å². The number of tetrazole rings is 1. The molecule has 1 aromatic carbocycles. The normalized spacial score (nSPS) is 10.1. The lowest BCUT2D eigenvalue weighted by atomic mass is 10.3. The van der Waals surface area contributed by atoms with E-state index in [9.17, 15) is 13.6 Å². The number of hydrogen-bond acceptors (Lipinski definition) is 4. The van der Waals surface area contributed by atoms with Gasteiger partial charge in [0, 0.05) is 0 Å². The molecule has 16 heavy (non-hydrogen) atoms. The van der Waals surface area contributed by atoms with Gasteiger partial charge in [0.2, 0.25) is 0 Å². The van der Waals surface area contributed by atoms with E-state index in [-0.39, 0.29) is 11.5 Å². The van der Waals surface area contributed by atoms with Crippen molar-refractivity contribution in [3.05, 3.63) is 35.7 Å². The fourth-order valence-corrected chi connectivity index (χ4v) is 1.04. The van der Waals surface area contributed by atoms with Crippen molar-refractivity contribution in [2.24, 2.45) is 0 Å². The first-order valence-corrected chi connectivity index (χ1v) is 4.17. The van der Waals surface area contributed by atoms with Gasteiger partial charge >= 0.3 is 0 Å². The van der Waals surface area contributed by atoms with Gasteiger partial charge in [-0.15, -0.1) is 10.2 Å². The number of H-pyrrole nitrogens is 1. The average molecular weight is 225 g/mol. The Hall–Kier alpha value is -2.38. The number of nitrogens with zero attached hydrogens (tertiary/aromatic N) is 3. The summed E-state index contributed by atoms with van der Waals surface area (Å²) in [5, 5.41) is 14.1. The Bertz CT molecular complexity index is 513. The lowest BCUT2D eigenvalue weighted by Crippen LogP contribution is -2.15. The molecule has 0 spiro atoms. The molecule has 82 valence electrons. The van der Waals surface area contributed by atoms with E-state index in [1.165, 1.54) is 12.1 Å². The topological polar surface area (TPSA) is 83.6 Å². The fourth-order valence-electron chi connectivity index (χ4n) is 1.04. The van der Waals surface area contributed by atoms with E-state index in [2.05, 4.69) is 25.9 Å². The lowest BCUT2D eigenvalue weighted by molar-refractivity contribution is 0.101. The molecule has 0 saturated heterocycles. The number of halogens is 2. The molecule has 2 aromatic rings. The molecule has 0 fully saturated rings. The molecule has 1 amide bonds. The first-order chi connectivity index (χ1) is 7.68. The molecule has 8 heteroatoms. The number of anilines is 1. The second kappa shape index (κ2) is 4.01. The van der Waals surface area contributed by atoms with Crippen LogP contribution in [0.5, 0.6) is 0 Å². The van der Waals surface area contributed by atoms with Crippen molar-refractivity contribution in [1.29, 1.82) is 0 Å². The highest BCUT2D eigenvalue weighted by Gasteiger charge is 2.14. The van der Waals surface area contributed by atoms with Crippen LogP contribution < -0.4 is 5.32 Å². The van der Waals surface area contributed by atoms with E-state index >= 15 is 0 Å². The van der Waals surface area contributed by atoms with Crippen LogP contribution in [0.1, 0.15) is 10.6 Å². The van der Waals surface area contributed by atoms with Gasteiger partial charge in [0.05, 0.1) is 5.69 Å². The van der Waals surface area contributed by atoms with Crippen LogP contribution in [0, 0.1) is 11.6 Å². The molecule has 0 atom stereocenters. The standard InChI is InChI=1S/C8H5F2N5O/c9-4-2-1-3-5(6(4)10)11-8(16)7-12-14-15-13-7/h1-3H,(H,11,16)(H,12,13,14,15). The van der Waals surface area contributed by atoms with Crippen molar-refractivity contribution in [3.63, 3.8) is 0 Å². The van der Waals surface area contributed by atoms with Gasteiger partial charge in [0.15, 0.2) is 11.6 Å². The zero-order chi connectivity index (χ0) is 11.5. The molecule has 0 aliphatic heterocycles. The first kappa shape index (κ1) is 10.1. The lowest BCUT2D eigenvalue weighted by Gasteiger charge is -2.03. The Labute approximate surface area is 87.7 Å². The van der Waals surface area contributed by atoms with E-state index in [4.69, 9.17) is 0 Å². The predicted molar refractivity (Wildman–Crippen MR) is 48.5 cm³/mol. The van der Waals surface area contributed by atoms with Crippen LogP contribution in [0.3, 0.4) is 0 Å². The third-order valence-corrected chi connectivity index (χ3v) is 1.75. The summed E-state index contributed by atoms with van der Waals surface area (Å²) in [5.74, 6) is -3.23. The minimum Gasteiger partial charge on any atom is -0.316 e. The summed E-state index contributed by atoms with van der Waals surface area (Å²) in [6.07, 6.45) is 0. The van der Waals surface area contributed by atoms with Gasteiger partial charge in [-0.05, 0) is 17.3 Å². The van der Waals surface area contributed by atoms with E-state index in [0.717, 1.165) is 6.07 Å². The van der Waals surface area contributed by atoms with E-state index < -0.39 is 17.5 Å². The molecule has 1 heterocycles. The number of hydrogen-bond donors (Lipinski definition) is 2. The van der Waals surface area contributed by atoms with Crippen molar-refractivity contribution in [2.75, 3.05) is 5.32 Å². The largest absolute Gasteiger partial charge is 0.316 e. The number of aromatic amines is 1. The third-order valence-electron chi connectivity index (χ3n) is 1.75. The Balaban J connectivity index is 2.22. The summed E-state index contributed by atoms with van der Waals surface area (Å²) < 4.78 is 25.9. The van der Waals surface area contributed by atoms with Crippen LogP contribution in [0.2, 0.25) is 0 Å². The highest BCUT2D eigenvalue weighted by Crippen LogP contribution is 2.16. The zero-order valence-corrected chi connectivity index (χ0v) is 7.74. The second-order valence-corrected chi connectivity index (χ2v) is 2.79. The molecule has 6 nitrogen and oxygen atoms in total. The van der Waals surface area contributed by atoms with Gasteiger partial charge in [0.1, 0.15) is 0 Å². The SMILES string of the molecule is O=C(Nc1cccc(F)c1F)c1nn[nH]n1. The van der Waals surface area contributed by atoms with Crippen molar-refractivity contribution < 1.29 is 13.6 Å². The maximum absolute atomic E-state index is 13.1. The summed E-state index contributed by atoms with van der Waals surface area (Å²) >= 11 is 0. The van der Waals surface area contributed by atoms with Crippen molar-refractivity contribution >= 4 is 11.6 Å². The number of amides is 1. The molecule has 0 bridgehead atoms. The maximum atomic E-state index is 13.1. The first-order valence-electron chi connectivity index (χ1n) is 4.17. The molecule has 0 aliphatic carbocycles. The number of carbonyl (C=O) groups excluding carboxylic acids is 1. The van der Waals surface area contributed by atoms with E-state index in [1.807, 2.05) is 0 Å². The van der Waals surface area contributed by atoms with Gasteiger partial charge in [0.25, 0.3) is 11.7 Å². The minimum absolute atomic E-state index is 0.260. The smallest absolute Gasteiger partial charge is 0.297 e. The van der Waals surface area contributed by atoms with Crippen LogP contribution in [-0.2, 0) is 0 Å². The summed E-state index contributed by atoms with van der Waals surface area (Å²) in [6.45, 7) is 0. The molecular weight excluding hydrogens is 220 g/mol. The molecule has 2 N–H and O–H groups in total. The van der Waals surface area contributed by atoms with Gasteiger partial charge in [-0.1, -0.05) is 6.07 Å². The Morgan fingerprint density at radius 3 is 2.88 bits per heavy atom. The Morgan fingerprint density at radius 1 is 1.38 bits per heavy atom. The number of aromatic nitrogens is 4. The van der Waals surface area contributed by atoms with E-state index in [0.29, 0.717) is 0 Å².